The van der Waals surface area contributed by atoms with Crippen LogP contribution in [0.3, 0.4) is 0 Å². The minimum Gasteiger partial charge on any atom is -0.497 e. The van der Waals surface area contributed by atoms with Gasteiger partial charge in [-0.1, -0.05) is 41.9 Å². The second-order valence-corrected chi connectivity index (χ2v) is 12.0. The van der Waals surface area contributed by atoms with Crippen molar-refractivity contribution in [3.63, 3.8) is 0 Å². The third-order valence-electron chi connectivity index (χ3n) is 6.24. The molecule has 0 aliphatic rings. The molecule has 0 heterocycles. The van der Waals surface area contributed by atoms with Crippen LogP contribution < -0.4 is 14.4 Å². The Balaban J connectivity index is 2.12. The molecule has 1 atom stereocenters. The number of nitrogens with zero attached hydrogens (tertiary/aromatic N) is 2. The molecular weight excluding hydrogens is 595 g/mol. The normalized spacial score (nSPS) is 12.5. The van der Waals surface area contributed by atoms with Gasteiger partial charge in [-0.25, -0.2) is 8.42 Å². The largest absolute Gasteiger partial charge is 0.497 e. The highest BCUT2D eigenvalue weighted by molar-refractivity contribution is 7.92. The van der Waals surface area contributed by atoms with Gasteiger partial charge in [0, 0.05) is 12.6 Å². The van der Waals surface area contributed by atoms with E-state index >= 15 is 0 Å². The molecule has 0 aromatic heterocycles. The molecule has 0 fully saturated rings. The smallest absolute Gasteiger partial charge is 0.417 e. The Kier molecular flexibility index (Phi) is 10.5. The monoisotopic (exact) mass is 625 g/mol. The van der Waals surface area contributed by atoms with Gasteiger partial charge in [0.2, 0.25) is 11.8 Å². The van der Waals surface area contributed by atoms with E-state index in [-0.39, 0.29) is 17.5 Å². The van der Waals surface area contributed by atoms with Gasteiger partial charge in [0.15, 0.2) is 0 Å². The Bertz CT molecular complexity index is 1520. The van der Waals surface area contributed by atoms with Gasteiger partial charge in [-0.15, -0.1) is 0 Å². The molecule has 13 heteroatoms. The average molecular weight is 626 g/mol. The van der Waals surface area contributed by atoms with E-state index in [1.165, 1.54) is 43.2 Å². The second kappa shape index (κ2) is 13.5. The fourth-order valence-electron chi connectivity index (χ4n) is 4.09. The molecule has 226 valence electrons. The molecule has 3 rings (SSSR count). The van der Waals surface area contributed by atoms with E-state index in [2.05, 4.69) is 5.32 Å². The number of carbonyl (C=O) groups excluding carboxylic acids is 2. The van der Waals surface area contributed by atoms with Gasteiger partial charge in [0.25, 0.3) is 10.0 Å². The van der Waals surface area contributed by atoms with Crippen LogP contribution in [0.4, 0.5) is 18.9 Å². The van der Waals surface area contributed by atoms with Crippen LogP contribution in [0.1, 0.15) is 31.9 Å². The van der Waals surface area contributed by atoms with E-state index in [0.29, 0.717) is 21.7 Å². The predicted octanol–water partition coefficient (Wildman–Crippen LogP) is 5.50. The van der Waals surface area contributed by atoms with Gasteiger partial charge >= 0.3 is 6.18 Å². The summed E-state index contributed by atoms with van der Waals surface area (Å²) in [4.78, 5) is 27.8. The standard InChI is InChI=1S/C29H31ClF3N3O5S/c1-19(2)34-28(38)20(3)35(17-21-9-8-10-23(15-21)41-4)27(37)18-36(42(39,40)24-11-6-5-7-12-24)22-13-14-26(30)25(16-22)29(31,32)33/h5-16,19-20H,17-18H2,1-4H3,(H,34,38)/t20-/m1/s1. The number of ether oxygens (including phenoxy) is 1. The van der Waals surface area contributed by atoms with E-state index < -0.39 is 56.9 Å². The summed E-state index contributed by atoms with van der Waals surface area (Å²) in [5, 5.41) is 2.10. The molecular formula is C29H31ClF3N3O5S. The molecule has 0 bridgehead atoms. The summed E-state index contributed by atoms with van der Waals surface area (Å²) in [7, 11) is -3.08. The third kappa shape index (κ3) is 7.95. The highest BCUT2D eigenvalue weighted by atomic mass is 35.5. The van der Waals surface area contributed by atoms with E-state index in [9.17, 15) is 31.2 Å². The number of methoxy groups -OCH3 is 1. The summed E-state index contributed by atoms with van der Waals surface area (Å²) in [5.41, 5.74) is -1.11. The highest BCUT2D eigenvalue weighted by Crippen LogP contribution is 2.38. The Morgan fingerprint density at radius 2 is 1.64 bits per heavy atom. The highest BCUT2D eigenvalue weighted by Gasteiger charge is 2.37. The topological polar surface area (TPSA) is 96.0 Å². The molecule has 0 spiro atoms. The number of anilines is 1. The number of benzene rings is 3. The maximum atomic E-state index is 13.9. The first-order valence-electron chi connectivity index (χ1n) is 12.8. The zero-order valence-corrected chi connectivity index (χ0v) is 24.9. The molecule has 3 aromatic rings. The Morgan fingerprint density at radius 1 is 0.976 bits per heavy atom. The van der Waals surface area contributed by atoms with Gasteiger partial charge in [-0.2, -0.15) is 13.2 Å². The molecule has 0 aliphatic carbocycles. The Labute approximate surface area is 248 Å². The molecule has 0 unspecified atom stereocenters. The SMILES string of the molecule is COc1cccc(CN(C(=O)CN(c2ccc(Cl)c(C(F)(F)F)c2)S(=O)(=O)c2ccccc2)[C@H](C)C(=O)NC(C)C)c1. The van der Waals surface area contributed by atoms with E-state index in [1.807, 2.05) is 0 Å². The molecule has 0 saturated heterocycles. The van der Waals surface area contributed by atoms with E-state index in [1.54, 1.807) is 44.2 Å². The molecule has 0 saturated carbocycles. The van der Waals surface area contributed by atoms with Crippen LogP contribution in [0.5, 0.6) is 5.75 Å². The lowest BCUT2D eigenvalue weighted by Gasteiger charge is -2.32. The number of amides is 2. The molecule has 8 nitrogen and oxygen atoms in total. The summed E-state index contributed by atoms with van der Waals surface area (Å²) in [5.74, 6) is -0.829. The fraction of sp³-hybridized carbons (Fsp3) is 0.310. The molecule has 3 aromatic carbocycles. The summed E-state index contributed by atoms with van der Waals surface area (Å²) in [6.45, 7) is 3.95. The fourth-order valence-corrected chi connectivity index (χ4v) is 5.74. The number of hydrogen-bond acceptors (Lipinski definition) is 5. The van der Waals surface area contributed by atoms with Crippen molar-refractivity contribution in [2.75, 3.05) is 18.0 Å². The first kappa shape index (κ1) is 32.7. The van der Waals surface area contributed by atoms with Crippen LogP contribution in [0.15, 0.2) is 77.7 Å². The Hall–Kier alpha value is -3.77. The quantitative estimate of drug-likeness (QED) is 0.303. The van der Waals surface area contributed by atoms with Crippen molar-refractivity contribution in [1.29, 1.82) is 0 Å². The van der Waals surface area contributed by atoms with Crippen molar-refractivity contribution in [3.8, 4) is 5.75 Å². The van der Waals surface area contributed by atoms with Crippen molar-refractivity contribution in [1.82, 2.24) is 10.2 Å². The van der Waals surface area contributed by atoms with Gasteiger partial charge in [-0.05, 0) is 68.8 Å². The minimum atomic E-state index is -4.89. The molecule has 0 radical (unpaired) electrons. The van der Waals surface area contributed by atoms with Gasteiger partial charge in [0.05, 0.1) is 28.3 Å². The van der Waals surface area contributed by atoms with Crippen molar-refractivity contribution >= 4 is 39.1 Å². The maximum absolute atomic E-state index is 13.9. The van der Waals surface area contributed by atoms with Crippen LogP contribution in [0.25, 0.3) is 0 Å². The molecule has 0 aliphatic heterocycles. The number of rotatable bonds is 11. The second-order valence-electron chi connectivity index (χ2n) is 9.70. The summed E-state index contributed by atoms with van der Waals surface area (Å²) >= 11 is 5.79. The average Bonchev–Trinajstić information content (AvgIpc) is 2.94. The van der Waals surface area contributed by atoms with Crippen molar-refractivity contribution in [2.45, 2.75) is 50.5 Å². The number of hydrogen-bond donors (Lipinski definition) is 1. The maximum Gasteiger partial charge on any atom is 0.417 e. The summed E-state index contributed by atoms with van der Waals surface area (Å²) in [6.07, 6.45) is -4.89. The molecule has 2 amide bonds. The van der Waals surface area contributed by atoms with Gasteiger partial charge in [0.1, 0.15) is 18.3 Å². The van der Waals surface area contributed by atoms with Crippen molar-refractivity contribution in [2.24, 2.45) is 0 Å². The zero-order valence-electron chi connectivity index (χ0n) is 23.4. The lowest BCUT2D eigenvalue weighted by atomic mass is 10.1. The van der Waals surface area contributed by atoms with Gasteiger partial charge < -0.3 is 15.0 Å². The van der Waals surface area contributed by atoms with Crippen molar-refractivity contribution < 1.29 is 35.9 Å². The molecule has 42 heavy (non-hydrogen) atoms. The van der Waals surface area contributed by atoms with Crippen molar-refractivity contribution in [3.05, 3.63) is 88.9 Å². The third-order valence-corrected chi connectivity index (χ3v) is 8.36. The predicted molar refractivity (Wildman–Crippen MR) is 154 cm³/mol. The number of nitrogens with one attached hydrogen (secondary N) is 1. The number of halogens is 4. The summed E-state index contributed by atoms with van der Waals surface area (Å²) < 4.78 is 74.5. The number of sulfonamides is 1. The van der Waals surface area contributed by atoms with Crippen LogP contribution in [0, 0.1) is 0 Å². The summed E-state index contributed by atoms with van der Waals surface area (Å²) in [6, 6.07) is 15.0. The van der Waals surface area contributed by atoms with E-state index in [4.69, 9.17) is 16.3 Å². The van der Waals surface area contributed by atoms with Crippen LogP contribution in [-0.4, -0.2) is 50.9 Å². The van der Waals surface area contributed by atoms with Crippen LogP contribution >= 0.6 is 11.6 Å². The number of alkyl halides is 3. The lowest BCUT2D eigenvalue weighted by Crippen LogP contribution is -2.52. The zero-order chi connectivity index (χ0) is 31.2. The van der Waals surface area contributed by atoms with Crippen LogP contribution in [0.2, 0.25) is 5.02 Å². The Morgan fingerprint density at radius 3 is 2.24 bits per heavy atom. The minimum absolute atomic E-state index is 0.115. The lowest BCUT2D eigenvalue weighted by molar-refractivity contribution is -0.139. The first-order valence-corrected chi connectivity index (χ1v) is 14.6. The molecule has 1 N–H and O–H groups in total. The first-order chi connectivity index (χ1) is 19.6. The van der Waals surface area contributed by atoms with Crippen LogP contribution in [-0.2, 0) is 32.3 Å². The van der Waals surface area contributed by atoms with Gasteiger partial charge in [-0.3, -0.25) is 13.9 Å². The van der Waals surface area contributed by atoms with E-state index in [0.717, 1.165) is 12.1 Å². The number of carbonyl (C=O) groups is 2.